The van der Waals surface area contributed by atoms with Crippen LogP contribution < -0.4 is 10.2 Å². The van der Waals surface area contributed by atoms with E-state index in [1.165, 1.54) is 30.0 Å². The van der Waals surface area contributed by atoms with E-state index in [1.54, 1.807) is 12.1 Å². The smallest absolute Gasteiger partial charge is 0.270 e. The van der Waals surface area contributed by atoms with Crippen LogP contribution in [0.15, 0.2) is 51.1 Å². The van der Waals surface area contributed by atoms with Crippen molar-refractivity contribution in [3.05, 3.63) is 51.0 Å². The van der Waals surface area contributed by atoms with Crippen molar-refractivity contribution in [2.24, 2.45) is 10.2 Å². The summed E-state index contributed by atoms with van der Waals surface area (Å²) in [6.45, 7) is 4.68. The van der Waals surface area contributed by atoms with E-state index >= 15 is 0 Å². The number of halogens is 1. The number of imide groups is 1. The number of carbonyl (C=O) groups is 3. The summed E-state index contributed by atoms with van der Waals surface area (Å²) in [6, 6.07) is 9.38. The summed E-state index contributed by atoms with van der Waals surface area (Å²) in [4.78, 5) is 49.2. The van der Waals surface area contributed by atoms with Gasteiger partial charge >= 0.3 is 0 Å². The lowest BCUT2D eigenvalue weighted by molar-refractivity contribution is -0.384. The number of rotatable bonds is 9. The minimum Gasteiger partial charge on any atom is -0.370 e. The van der Waals surface area contributed by atoms with E-state index < -0.39 is 4.92 Å². The van der Waals surface area contributed by atoms with Crippen LogP contribution in [0.25, 0.3) is 0 Å². The average molecular weight is 531 g/mol. The molecule has 0 aromatic heterocycles. The second-order valence-electron chi connectivity index (χ2n) is 7.49. The third-order valence-electron chi connectivity index (χ3n) is 5.19. The van der Waals surface area contributed by atoms with Crippen molar-refractivity contribution in [2.45, 2.75) is 26.7 Å². The fourth-order valence-corrected chi connectivity index (χ4v) is 3.90. The zero-order valence-corrected chi connectivity index (χ0v) is 20.2. The van der Waals surface area contributed by atoms with Gasteiger partial charge in [0.05, 0.1) is 15.1 Å². The second kappa shape index (κ2) is 11.0. The predicted molar refractivity (Wildman–Crippen MR) is 130 cm³/mol. The van der Waals surface area contributed by atoms with E-state index in [0.29, 0.717) is 34.6 Å². The largest absolute Gasteiger partial charge is 0.370 e. The van der Waals surface area contributed by atoms with Gasteiger partial charge in [0, 0.05) is 57.2 Å². The molecule has 11 nitrogen and oxygen atoms in total. The zero-order valence-electron chi connectivity index (χ0n) is 18.7. The number of benzene rings is 2. The number of likely N-dealkylation sites (tertiary alicyclic amines) is 1. The fraction of sp³-hybridized carbons (Fsp3) is 0.318. The Morgan fingerprint density at radius 2 is 1.79 bits per heavy atom. The molecule has 3 rings (SSSR count). The van der Waals surface area contributed by atoms with E-state index in [0.717, 1.165) is 5.69 Å². The fourth-order valence-electron chi connectivity index (χ4n) is 3.46. The molecule has 1 heterocycles. The number of anilines is 2. The Balaban J connectivity index is 1.83. The molecule has 2 aromatic rings. The molecule has 0 unspecified atom stereocenters. The molecule has 178 valence electrons. The van der Waals surface area contributed by atoms with Gasteiger partial charge in [-0.25, -0.2) is 0 Å². The number of hydrogen-bond acceptors (Lipinski definition) is 8. The number of carbonyl (C=O) groups excluding carboxylic acids is 3. The Bertz CT molecular complexity index is 1150. The topological polar surface area (TPSA) is 138 Å². The monoisotopic (exact) mass is 530 g/mol. The standard InChI is InChI=1S/C22H23BrN6O5/c1-3-27(10-11-28-21(31)8-9-22(28)32)15-4-7-19(20(13-15)24-14(2)30)26-25-18-6-5-16(29(33)34)12-17(18)23/h4-7,12-13H,3,8-11H2,1-2H3,(H,24,30). The number of nitro benzene ring substituents is 1. The maximum absolute atomic E-state index is 11.9. The van der Waals surface area contributed by atoms with Gasteiger partial charge in [0.2, 0.25) is 17.7 Å². The van der Waals surface area contributed by atoms with Crippen LogP contribution in [0.4, 0.5) is 28.4 Å². The number of nitrogens with one attached hydrogen (secondary N) is 1. The van der Waals surface area contributed by atoms with Crippen LogP contribution in [0.1, 0.15) is 26.7 Å². The van der Waals surface area contributed by atoms with Crippen LogP contribution in [0.3, 0.4) is 0 Å². The van der Waals surface area contributed by atoms with Gasteiger partial charge in [-0.3, -0.25) is 29.4 Å². The molecule has 1 saturated heterocycles. The number of likely N-dealkylation sites (N-methyl/N-ethyl adjacent to an activating group) is 1. The van der Waals surface area contributed by atoms with Crippen LogP contribution in [0.2, 0.25) is 0 Å². The molecule has 1 aliphatic heterocycles. The highest BCUT2D eigenvalue weighted by molar-refractivity contribution is 9.10. The zero-order chi connectivity index (χ0) is 24.8. The van der Waals surface area contributed by atoms with Crippen molar-refractivity contribution in [1.29, 1.82) is 0 Å². The number of non-ortho nitro benzene ring substituents is 1. The molecule has 0 saturated carbocycles. The molecule has 0 radical (unpaired) electrons. The highest BCUT2D eigenvalue weighted by Gasteiger charge is 2.28. The number of nitrogens with zero attached hydrogens (tertiary/aromatic N) is 5. The molecule has 0 spiro atoms. The minimum absolute atomic E-state index is 0.0777. The highest BCUT2D eigenvalue weighted by Crippen LogP contribution is 2.34. The van der Waals surface area contributed by atoms with E-state index in [-0.39, 0.29) is 42.8 Å². The Kier molecular flexibility index (Phi) is 8.05. The van der Waals surface area contributed by atoms with Gasteiger partial charge in [-0.2, -0.15) is 0 Å². The van der Waals surface area contributed by atoms with Gasteiger partial charge in [0.25, 0.3) is 5.69 Å². The molecule has 1 N–H and O–H groups in total. The Labute approximate surface area is 204 Å². The summed E-state index contributed by atoms with van der Waals surface area (Å²) in [5, 5.41) is 22.0. The number of hydrogen-bond donors (Lipinski definition) is 1. The van der Waals surface area contributed by atoms with Crippen molar-refractivity contribution in [3.8, 4) is 0 Å². The van der Waals surface area contributed by atoms with Crippen LogP contribution in [0, 0.1) is 10.1 Å². The first-order chi connectivity index (χ1) is 16.2. The molecule has 2 aromatic carbocycles. The summed E-state index contributed by atoms with van der Waals surface area (Å²) in [7, 11) is 0. The first kappa shape index (κ1) is 25.0. The van der Waals surface area contributed by atoms with E-state index in [1.807, 2.05) is 17.9 Å². The maximum atomic E-state index is 11.9. The summed E-state index contributed by atoms with van der Waals surface area (Å²) in [5.41, 5.74) is 1.91. The SMILES string of the molecule is CCN(CCN1C(=O)CCC1=O)c1ccc(N=Nc2ccc([N+](=O)[O-])cc2Br)c(NC(C)=O)c1. The Morgan fingerprint density at radius 3 is 2.38 bits per heavy atom. The highest BCUT2D eigenvalue weighted by atomic mass is 79.9. The third kappa shape index (κ3) is 6.01. The van der Waals surface area contributed by atoms with E-state index in [4.69, 9.17) is 0 Å². The summed E-state index contributed by atoms with van der Waals surface area (Å²) in [6.07, 6.45) is 0.504. The van der Waals surface area contributed by atoms with Gasteiger partial charge in [-0.1, -0.05) is 0 Å². The van der Waals surface area contributed by atoms with Crippen LogP contribution in [-0.2, 0) is 14.4 Å². The van der Waals surface area contributed by atoms with Gasteiger partial charge in [0.15, 0.2) is 0 Å². The predicted octanol–water partition coefficient (Wildman–Crippen LogP) is 4.71. The average Bonchev–Trinajstić information content (AvgIpc) is 3.11. The van der Waals surface area contributed by atoms with Gasteiger partial charge in [-0.05, 0) is 47.1 Å². The van der Waals surface area contributed by atoms with Crippen LogP contribution >= 0.6 is 15.9 Å². The maximum Gasteiger partial charge on any atom is 0.270 e. The summed E-state index contributed by atoms with van der Waals surface area (Å²) < 4.78 is 0.409. The van der Waals surface area contributed by atoms with Crippen molar-refractivity contribution >= 4 is 62.1 Å². The molecule has 1 fully saturated rings. The summed E-state index contributed by atoms with van der Waals surface area (Å²) in [5.74, 6) is -0.609. The third-order valence-corrected chi connectivity index (χ3v) is 5.83. The lowest BCUT2D eigenvalue weighted by Crippen LogP contribution is -2.38. The second-order valence-corrected chi connectivity index (χ2v) is 8.35. The lowest BCUT2D eigenvalue weighted by Gasteiger charge is -2.26. The van der Waals surface area contributed by atoms with E-state index in [9.17, 15) is 24.5 Å². The van der Waals surface area contributed by atoms with Gasteiger partial charge < -0.3 is 10.2 Å². The molecule has 0 aliphatic carbocycles. The molecular weight excluding hydrogens is 508 g/mol. The lowest BCUT2D eigenvalue weighted by atomic mass is 10.2. The summed E-state index contributed by atoms with van der Waals surface area (Å²) >= 11 is 3.25. The van der Waals surface area contributed by atoms with Gasteiger partial charge in [-0.15, -0.1) is 10.2 Å². The number of nitro groups is 1. The van der Waals surface area contributed by atoms with Crippen LogP contribution in [0.5, 0.6) is 0 Å². The van der Waals surface area contributed by atoms with Gasteiger partial charge in [0.1, 0.15) is 11.4 Å². The Morgan fingerprint density at radius 1 is 1.15 bits per heavy atom. The Hall–Kier alpha value is -3.67. The van der Waals surface area contributed by atoms with Crippen molar-refractivity contribution in [2.75, 3.05) is 29.9 Å². The molecule has 34 heavy (non-hydrogen) atoms. The number of azo groups is 1. The molecule has 1 aliphatic rings. The number of amides is 3. The van der Waals surface area contributed by atoms with E-state index in [2.05, 4.69) is 31.5 Å². The minimum atomic E-state index is -0.506. The molecule has 0 atom stereocenters. The normalized spacial score (nSPS) is 13.6. The first-order valence-electron chi connectivity index (χ1n) is 10.5. The first-order valence-corrected chi connectivity index (χ1v) is 11.3. The molecule has 0 bridgehead atoms. The van der Waals surface area contributed by atoms with Crippen molar-refractivity contribution < 1.29 is 19.3 Å². The quantitative estimate of drug-likeness (QED) is 0.215. The molecular formula is C22H23BrN6O5. The van der Waals surface area contributed by atoms with Crippen LogP contribution in [-0.4, -0.2) is 47.2 Å². The van der Waals surface area contributed by atoms with Crippen molar-refractivity contribution in [1.82, 2.24) is 4.90 Å². The molecule has 3 amide bonds. The molecule has 12 heteroatoms. The van der Waals surface area contributed by atoms with Crippen molar-refractivity contribution in [3.63, 3.8) is 0 Å².